The molecule has 136 valence electrons. The minimum Gasteiger partial charge on any atom is -0.371 e. The van der Waals surface area contributed by atoms with Crippen molar-refractivity contribution in [2.45, 2.75) is 18.4 Å². The van der Waals surface area contributed by atoms with E-state index in [1.165, 1.54) is 24.7 Å². The van der Waals surface area contributed by atoms with Crippen LogP contribution in [0, 0.1) is 5.82 Å². The summed E-state index contributed by atoms with van der Waals surface area (Å²) in [4.78, 5) is 34.5. The first-order valence-corrected chi connectivity index (χ1v) is 8.35. The van der Waals surface area contributed by atoms with Gasteiger partial charge in [0.05, 0.1) is 0 Å². The number of aromatic nitrogens is 2. The zero-order valence-corrected chi connectivity index (χ0v) is 14.4. The molecule has 0 radical (unpaired) electrons. The molecule has 0 saturated carbocycles. The lowest BCUT2D eigenvalue weighted by atomic mass is 9.85. The molecule has 2 heterocycles. The number of carbonyl (C=O) groups excluding carboxylic acids is 2. The second kappa shape index (κ2) is 7.47. The summed E-state index contributed by atoms with van der Waals surface area (Å²) >= 11 is 0. The summed E-state index contributed by atoms with van der Waals surface area (Å²) in [6.07, 6.45) is 3.65. The molecule has 7 nitrogen and oxygen atoms in total. The van der Waals surface area contributed by atoms with Crippen LogP contribution in [0.1, 0.15) is 23.3 Å². The van der Waals surface area contributed by atoms with Crippen molar-refractivity contribution in [3.05, 3.63) is 54.4 Å². The standard InChI is InChI=1S/C18H20FN5O2/c1-20-17(26)18(23-14-4-2-3-13(19)11-14)6-9-24(10-7-18)16(25)15-5-8-21-12-22-15/h2-5,8,11-12,23H,6-7,9-10H2,1H3,(H,20,26). The Balaban J connectivity index is 1.75. The number of hydrogen-bond donors (Lipinski definition) is 2. The summed E-state index contributed by atoms with van der Waals surface area (Å²) in [6, 6.07) is 7.56. The molecule has 1 aliphatic rings. The van der Waals surface area contributed by atoms with Crippen molar-refractivity contribution in [2.24, 2.45) is 0 Å². The van der Waals surface area contributed by atoms with Crippen LogP contribution < -0.4 is 10.6 Å². The fourth-order valence-corrected chi connectivity index (χ4v) is 3.16. The number of likely N-dealkylation sites (N-methyl/N-ethyl adjacent to an activating group) is 1. The third kappa shape index (κ3) is 3.63. The Morgan fingerprint density at radius 1 is 1.23 bits per heavy atom. The summed E-state index contributed by atoms with van der Waals surface area (Å²) in [6.45, 7) is 0.775. The van der Waals surface area contributed by atoms with Crippen molar-refractivity contribution in [3.63, 3.8) is 0 Å². The molecule has 0 unspecified atom stereocenters. The molecule has 2 N–H and O–H groups in total. The van der Waals surface area contributed by atoms with Gasteiger partial charge < -0.3 is 15.5 Å². The number of halogens is 1. The van der Waals surface area contributed by atoms with E-state index in [9.17, 15) is 14.0 Å². The molecule has 1 aromatic carbocycles. The van der Waals surface area contributed by atoms with Gasteiger partial charge in [0.2, 0.25) is 5.91 Å². The molecule has 1 saturated heterocycles. The van der Waals surface area contributed by atoms with Crippen molar-refractivity contribution < 1.29 is 14.0 Å². The van der Waals surface area contributed by atoms with Gasteiger partial charge in [-0.3, -0.25) is 9.59 Å². The van der Waals surface area contributed by atoms with Crippen LogP contribution in [0.4, 0.5) is 10.1 Å². The Morgan fingerprint density at radius 2 is 2.00 bits per heavy atom. The third-order valence-electron chi connectivity index (χ3n) is 4.58. The first-order chi connectivity index (χ1) is 12.5. The number of anilines is 1. The number of likely N-dealkylation sites (tertiary alicyclic amines) is 1. The monoisotopic (exact) mass is 357 g/mol. The highest BCUT2D eigenvalue weighted by atomic mass is 19.1. The van der Waals surface area contributed by atoms with Crippen molar-refractivity contribution in [2.75, 3.05) is 25.5 Å². The van der Waals surface area contributed by atoms with E-state index < -0.39 is 5.54 Å². The van der Waals surface area contributed by atoms with Gasteiger partial charge in [0, 0.05) is 32.0 Å². The highest BCUT2D eigenvalue weighted by molar-refractivity contribution is 5.93. The number of nitrogens with zero attached hydrogens (tertiary/aromatic N) is 3. The number of amides is 2. The first-order valence-electron chi connectivity index (χ1n) is 8.35. The Morgan fingerprint density at radius 3 is 2.62 bits per heavy atom. The molecule has 1 fully saturated rings. The predicted octanol–water partition coefficient (Wildman–Crippen LogP) is 1.45. The normalized spacial score (nSPS) is 16.0. The molecule has 1 aliphatic heterocycles. The molecule has 2 amide bonds. The van der Waals surface area contributed by atoms with Gasteiger partial charge in [0.25, 0.3) is 5.91 Å². The average molecular weight is 357 g/mol. The third-order valence-corrected chi connectivity index (χ3v) is 4.58. The smallest absolute Gasteiger partial charge is 0.272 e. The van der Waals surface area contributed by atoms with Gasteiger partial charge in [0.1, 0.15) is 23.4 Å². The van der Waals surface area contributed by atoms with Crippen molar-refractivity contribution in [1.29, 1.82) is 0 Å². The first kappa shape index (κ1) is 17.8. The molecule has 0 bridgehead atoms. The highest BCUT2D eigenvalue weighted by Gasteiger charge is 2.42. The molecule has 0 spiro atoms. The molecule has 0 aliphatic carbocycles. The summed E-state index contributed by atoms with van der Waals surface area (Å²) < 4.78 is 13.5. The number of benzene rings is 1. The molecule has 26 heavy (non-hydrogen) atoms. The molecule has 2 aromatic rings. The molecule has 0 atom stereocenters. The van der Waals surface area contributed by atoms with Crippen molar-refractivity contribution in [3.8, 4) is 0 Å². The number of carbonyl (C=O) groups is 2. The van der Waals surface area contributed by atoms with Gasteiger partial charge in [-0.25, -0.2) is 14.4 Å². The van der Waals surface area contributed by atoms with Crippen LogP contribution in [0.3, 0.4) is 0 Å². The summed E-state index contributed by atoms with van der Waals surface area (Å²) in [7, 11) is 1.57. The maximum Gasteiger partial charge on any atom is 0.272 e. The number of piperidine rings is 1. The van der Waals surface area contributed by atoms with E-state index in [0.717, 1.165) is 0 Å². The Hall–Kier alpha value is -3.03. The van der Waals surface area contributed by atoms with Gasteiger partial charge in [-0.15, -0.1) is 0 Å². The van der Waals surface area contributed by atoms with Crippen molar-refractivity contribution >= 4 is 17.5 Å². The molecule has 3 rings (SSSR count). The van der Waals surface area contributed by atoms with E-state index in [0.29, 0.717) is 37.3 Å². The minimum absolute atomic E-state index is 0.184. The van der Waals surface area contributed by atoms with Gasteiger partial charge >= 0.3 is 0 Å². The zero-order valence-electron chi connectivity index (χ0n) is 14.4. The van der Waals surface area contributed by atoms with Crippen LogP contribution in [0.5, 0.6) is 0 Å². The topological polar surface area (TPSA) is 87.2 Å². The number of hydrogen-bond acceptors (Lipinski definition) is 5. The maximum absolute atomic E-state index is 13.5. The predicted molar refractivity (Wildman–Crippen MR) is 94.0 cm³/mol. The lowest BCUT2D eigenvalue weighted by Crippen LogP contribution is -2.58. The largest absolute Gasteiger partial charge is 0.371 e. The molecule has 8 heteroatoms. The van der Waals surface area contributed by atoms with Gasteiger partial charge in [-0.1, -0.05) is 6.07 Å². The van der Waals surface area contributed by atoms with Gasteiger partial charge in [-0.2, -0.15) is 0 Å². The van der Waals surface area contributed by atoms with E-state index >= 15 is 0 Å². The maximum atomic E-state index is 13.5. The molecular weight excluding hydrogens is 337 g/mol. The summed E-state index contributed by atoms with van der Waals surface area (Å²) in [5.41, 5.74) is -0.0416. The van der Waals surface area contributed by atoms with E-state index in [1.807, 2.05) is 0 Å². The lowest BCUT2D eigenvalue weighted by Gasteiger charge is -2.41. The summed E-state index contributed by atoms with van der Waals surface area (Å²) in [5.74, 6) is -0.752. The van der Waals surface area contributed by atoms with E-state index in [1.54, 1.807) is 30.1 Å². The Bertz CT molecular complexity index is 791. The van der Waals surface area contributed by atoms with Crippen molar-refractivity contribution in [1.82, 2.24) is 20.2 Å². The second-order valence-corrected chi connectivity index (χ2v) is 6.18. The lowest BCUT2D eigenvalue weighted by molar-refractivity contribution is -0.126. The highest BCUT2D eigenvalue weighted by Crippen LogP contribution is 2.28. The van der Waals surface area contributed by atoms with Crippen LogP contribution in [-0.2, 0) is 4.79 Å². The van der Waals surface area contributed by atoms with E-state index in [-0.39, 0.29) is 17.6 Å². The Kier molecular flexibility index (Phi) is 5.11. The molecule has 1 aromatic heterocycles. The SMILES string of the molecule is CNC(=O)C1(Nc2cccc(F)c2)CCN(C(=O)c2ccncn2)CC1. The quantitative estimate of drug-likeness (QED) is 0.865. The van der Waals surface area contributed by atoms with Crippen LogP contribution >= 0.6 is 0 Å². The van der Waals surface area contributed by atoms with Gasteiger partial charge in [-0.05, 0) is 37.1 Å². The zero-order chi connectivity index (χ0) is 18.6. The fraction of sp³-hybridized carbons (Fsp3) is 0.333. The second-order valence-electron chi connectivity index (χ2n) is 6.18. The summed E-state index contributed by atoms with van der Waals surface area (Å²) in [5, 5.41) is 5.84. The number of nitrogens with one attached hydrogen (secondary N) is 2. The van der Waals surface area contributed by atoms with E-state index in [2.05, 4.69) is 20.6 Å². The van der Waals surface area contributed by atoms with Crippen LogP contribution in [0.2, 0.25) is 0 Å². The van der Waals surface area contributed by atoms with E-state index in [4.69, 9.17) is 0 Å². The Labute approximate surface area is 150 Å². The average Bonchev–Trinajstić information content (AvgIpc) is 2.68. The fourth-order valence-electron chi connectivity index (χ4n) is 3.16. The molecular formula is C18H20FN5O2. The van der Waals surface area contributed by atoms with Crippen LogP contribution in [0.15, 0.2) is 42.9 Å². The van der Waals surface area contributed by atoms with Gasteiger partial charge in [0.15, 0.2) is 0 Å². The number of rotatable bonds is 4. The minimum atomic E-state index is -0.898. The van der Waals surface area contributed by atoms with Crippen LogP contribution in [-0.4, -0.2) is 52.4 Å². The van der Waals surface area contributed by atoms with Crippen LogP contribution in [0.25, 0.3) is 0 Å².